The average Bonchev–Trinajstić information content (AvgIpc) is 2.74. The number of hydrogen-bond acceptors (Lipinski definition) is 3. The second-order valence-corrected chi connectivity index (χ2v) is 4.61. The monoisotopic (exact) mass is 227 g/mol. The summed E-state index contributed by atoms with van der Waals surface area (Å²) in [7, 11) is 1.90. The Morgan fingerprint density at radius 2 is 2.29 bits per heavy atom. The van der Waals surface area contributed by atoms with Crippen LogP contribution in [0.15, 0.2) is 28.9 Å². The van der Waals surface area contributed by atoms with Crippen LogP contribution in [0.2, 0.25) is 4.34 Å². The summed E-state index contributed by atoms with van der Waals surface area (Å²) >= 11 is 7.44. The smallest absolute Gasteiger partial charge is 0.126 e. The molecule has 0 aliphatic heterocycles. The van der Waals surface area contributed by atoms with E-state index in [9.17, 15) is 0 Å². The van der Waals surface area contributed by atoms with Crippen LogP contribution in [-0.2, 0) is 6.54 Å². The maximum Gasteiger partial charge on any atom is 0.126 e. The van der Waals surface area contributed by atoms with Gasteiger partial charge in [-0.2, -0.15) is 0 Å². The van der Waals surface area contributed by atoms with Gasteiger partial charge in [0.25, 0.3) is 0 Å². The molecule has 0 saturated carbocycles. The van der Waals surface area contributed by atoms with Gasteiger partial charge in [0.1, 0.15) is 5.76 Å². The summed E-state index contributed by atoms with van der Waals surface area (Å²) in [4.78, 5) is 1.15. The van der Waals surface area contributed by atoms with Crippen molar-refractivity contribution in [2.75, 3.05) is 7.05 Å². The first-order chi connectivity index (χ1) is 6.81. The molecule has 74 valence electrons. The standard InChI is InChI=1S/C10H10ClNOS/c1-12-6-8-7(4-5-13-8)9-2-3-10(11)14-9/h2-5,12H,6H2,1H3. The Morgan fingerprint density at radius 1 is 1.43 bits per heavy atom. The van der Waals surface area contributed by atoms with Gasteiger partial charge in [-0.15, -0.1) is 11.3 Å². The van der Waals surface area contributed by atoms with Crippen LogP contribution in [-0.4, -0.2) is 7.05 Å². The highest BCUT2D eigenvalue weighted by atomic mass is 35.5. The summed E-state index contributed by atoms with van der Waals surface area (Å²) in [6, 6.07) is 5.88. The van der Waals surface area contributed by atoms with E-state index in [0.717, 1.165) is 27.1 Å². The first kappa shape index (κ1) is 9.77. The van der Waals surface area contributed by atoms with Crippen LogP contribution < -0.4 is 5.32 Å². The van der Waals surface area contributed by atoms with Crippen molar-refractivity contribution < 1.29 is 4.42 Å². The number of furan rings is 1. The normalized spacial score (nSPS) is 10.7. The molecule has 4 heteroatoms. The lowest BCUT2D eigenvalue weighted by Gasteiger charge is -1.98. The van der Waals surface area contributed by atoms with Gasteiger partial charge >= 0.3 is 0 Å². The van der Waals surface area contributed by atoms with E-state index in [-0.39, 0.29) is 0 Å². The Hall–Kier alpha value is -0.770. The van der Waals surface area contributed by atoms with Crippen LogP contribution in [0.1, 0.15) is 5.76 Å². The van der Waals surface area contributed by atoms with Gasteiger partial charge in [-0.25, -0.2) is 0 Å². The van der Waals surface area contributed by atoms with Crippen molar-refractivity contribution in [1.29, 1.82) is 0 Å². The molecule has 14 heavy (non-hydrogen) atoms. The second kappa shape index (κ2) is 4.17. The second-order valence-electron chi connectivity index (χ2n) is 2.89. The zero-order valence-electron chi connectivity index (χ0n) is 7.71. The van der Waals surface area contributed by atoms with Gasteiger partial charge < -0.3 is 9.73 Å². The molecule has 2 nitrogen and oxygen atoms in total. The predicted octanol–water partition coefficient (Wildman–Crippen LogP) is 3.38. The van der Waals surface area contributed by atoms with Crippen LogP contribution in [0, 0.1) is 0 Å². The van der Waals surface area contributed by atoms with Crippen LogP contribution in [0.5, 0.6) is 0 Å². The molecule has 2 aromatic rings. The van der Waals surface area contributed by atoms with Crippen molar-refractivity contribution in [1.82, 2.24) is 5.32 Å². The predicted molar refractivity (Wildman–Crippen MR) is 59.8 cm³/mol. The van der Waals surface area contributed by atoms with Gasteiger partial charge in [0.15, 0.2) is 0 Å². The van der Waals surface area contributed by atoms with E-state index in [1.807, 2.05) is 25.2 Å². The molecule has 0 unspecified atom stereocenters. The van der Waals surface area contributed by atoms with Gasteiger partial charge in [0.2, 0.25) is 0 Å². The van der Waals surface area contributed by atoms with Gasteiger partial charge in [-0.1, -0.05) is 11.6 Å². The van der Waals surface area contributed by atoms with E-state index in [4.69, 9.17) is 16.0 Å². The Labute approximate surface area is 91.5 Å². The molecule has 0 aliphatic rings. The van der Waals surface area contributed by atoms with Crippen LogP contribution >= 0.6 is 22.9 Å². The zero-order valence-corrected chi connectivity index (χ0v) is 9.28. The average molecular weight is 228 g/mol. The highest BCUT2D eigenvalue weighted by Crippen LogP contribution is 2.33. The highest BCUT2D eigenvalue weighted by Gasteiger charge is 2.09. The minimum absolute atomic E-state index is 0.734. The molecule has 1 N–H and O–H groups in total. The molecule has 0 saturated heterocycles. The summed E-state index contributed by atoms with van der Waals surface area (Å²) in [5.74, 6) is 0.950. The number of halogens is 1. The fourth-order valence-corrected chi connectivity index (χ4v) is 2.40. The topological polar surface area (TPSA) is 25.2 Å². The molecule has 0 amide bonds. The number of thiophene rings is 1. The van der Waals surface area contributed by atoms with Crippen molar-refractivity contribution in [2.24, 2.45) is 0 Å². The lowest BCUT2D eigenvalue weighted by atomic mass is 10.2. The fourth-order valence-electron chi connectivity index (χ4n) is 1.32. The summed E-state index contributed by atoms with van der Waals surface area (Å²) in [5, 5.41) is 3.06. The molecule has 0 aromatic carbocycles. The molecule has 0 aliphatic carbocycles. The molecule has 0 fully saturated rings. The van der Waals surface area contributed by atoms with Gasteiger partial charge in [0, 0.05) is 10.4 Å². The van der Waals surface area contributed by atoms with Crippen molar-refractivity contribution >= 4 is 22.9 Å². The third-order valence-corrected chi connectivity index (χ3v) is 3.19. The Kier molecular flexibility index (Phi) is 2.91. The maximum atomic E-state index is 5.88. The molecule has 0 radical (unpaired) electrons. The van der Waals surface area contributed by atoms with Crippen LogP contribution in [0.3, 0.4) is 0 Å². The number of nitrogens with one attached hydrogen (secondary N) is 1. The van der Waals surface area contributed by atoms with E-state index in [1.165, 1.54) is 0 Å². The molecule has 0 spiro atoms. The van der Waals surface area contributed by atoms with Crippen LogP contribution in [0.4, 0.5) is 0 Å². The Balaban J connectivity index is 2.36. The molecule has 0 atom stereocenters. The van der Waals surface area contributed by atoms with Gasteiger partial charge in [-0.05, 0) is 25.2 Å². The summed E-state index contributed by atoms with van der Waals surface area (Å²) < 4.78 is 6.17. The summed E-state index contributed by atoms with van der Waals surface area (Å²) in [5.41, 5.74) is 1.12. The Morgan fingerprint density at radius 3 is 2.93 bits per heavy atom. The molecule has 0 bridgehead atoms. The summed E-state index contributed by atoms with van der Waals surface area (Å²) in [6.45, 7) is 0.734. The van der Waals surface area contributed by atoms with E-state index in [1.54, 1.807) is 17.6 Å². The van der Waals surface area contributed by atoms with E-state index in [0.29, 0.717) is 0 Å². The summed E-state index contributed by atoms with van der Waals surface area (Å²) in [6.07, 6.45) is 1.70. The lowest BCUT2D eigenvalue weighted by molar-refractivity contribution is 0.497. The van der Waals surface area contributed by atoms with Crippen molar-refractivity contribution in [3.8, 4) is 10.4 Å². The van der Waals surface area contributed by atoms with Crippen molar-refractivity contribution in [3.63, 3.8) is 0 Å². The van der Waals surface area contributed by atoms with E-state index < -0.39 is 0 Å². The quantitative estimate of drug-likeness (QED) is 0.870. The lowest BCUT2D eigenvalue weighted by Crippen LogP contribution is -2.04. The third-order valence-electron chi connectivity index (χ3n) is 1.92. The van der Waals surface area contributed by atoms with Crippen molar-refractivity contribution in [2.45, 2.75) is 6.54 Å². The van der Waals surface area contributed by atoms with Crippen LogP contribution in [0.25, 0.3) is 10.4 Å². The number of rotatable bonds is 3. The van der Waals surface area contributed by atoms with Gasteiger partial charge in [-0.3, -0.25) is 0 Å². The zero-order chi connectivity index (χ0) is 9.97. The first-order valence-electron chi connectivity index (χ1n) is 4.28. The molecule has 2 rings (SSSR count). The minimum atomic E-state index is 0.734. The first-order valence-corrected chi connectivity index (χ1v) is 5.47. The molecule has 2 aromatic heterocycles. The molecule has 2 heterocycles. The third kappa shape index (κ3) is 1.85. The number of hydrogen-bond donors (Lipinski definition) is 1. The minimum Gasteiger partial charge on any atom is -0.467 e. The highest BCUT2D eigenvalue weighted by molar-refractivity contribution is 7.19. The van der Waals surface area contributed by atoms with E-state index in [2.05, 4.69) is 5.32 Å². The van der Waals surface area contributed by atoms with Crippen molar-refractivity contribution in [3.05, 3.63) is 34.6 Å². The molecular formula is C10H10ClNOS. The molecular weight excluding hydrogens is 218 g/mol. The largest absolute Gasteiger partial charge is 0.467 e. The van der Waals surface area contributed by atoms with Gasteiger partial charge in [0.05, 0.1) is 17.1 Å². The van der Waals surface area contributed by atoms with E-state index >= 15 is 0 Å². The maximum absolute atomic E-state index is 5.88. The SMILES string of the molecule is CNCc1occc1-c1ccc(Cl)s1. The fraction of sp³-hybridized carbons (Fsp3) is 0.200. The Bertz CT molecular complexity index is 421.